The van der Waals surface area contributed by atoms with Gasteiger partial charge in [0.05, 0.1) is 10.6 Å². The van der Waals surface area contributed by atoms with Crippen LogP contribution in [0.5, 0.6) is 0 Å². The lowest BCUT2D eigenvalue weighted by Crippen LogP contribution is -2.11. The quantitative estimate of drug-likeness (QED) is 0.491. The van der Waals surface area contributed by atoms with E-state index in [9.17, 15) is 13.2 Å². The van der Waals surface area contributed by atoms with Crippen molar-refractivity contribution < 1.29 is 13.2 Å². The van der Waals surface area contributed by atoms with Crippen molar-refractivity contribution in [2.24, 2.45) is 0 Å². The average molecular weight is 443 g/mol. The molecule has 3 aromatic rings. The molecular weight excluding hydrogens is 424 g/mol. The summed E-state index contributed by atoms with van der Waals surface area (Å²) in [6, 6.07) is 20.9. The molecule has 5 heteroatoms. The minimum Gasteiger partial charge on any atom is -0.289 e. The molecule has 0 fully saturated rings. The van der Waals surface area contributed by atoms with Crippen molar-refractivity contribution >= 4 is 31.6 Å². The van der Waals surface area contributed by atoms with Crippen LogP contribution in [-0.2, 0) is 22.0 Å². The number of carbonyl (C=O) groups is 1. The standard InChI is InChI=1S/C22H19BrO3S/c1-2-16-8-12-20(13-9-16)27(25,26)15-18-10-11-19(23)14-21(18)22(24)17-6-4-3-5-7-17/h3-14H,2,15H2,1H3. The van der Waals surface area contributed by atoms with Gasteiger partial charge >= 0.3 is 0 Å². The molecule has 0 aromatic heterocycles. The maximum Gasteiger partial charge on any atom is 0.193 e. The molecule has 0 unspecified atom stereocenters. The third-order valence-electron chi connectivity index (χ3n) is 4.39. The average Bonchev–Trinajstić information content (AvgIpc) is 2.69. The summed E-state index contributed by atoms with van der Waals surface area (Å²) < 4.78 is 26.5. The number of rotatable bonds is 6. The van der Waals surface area contributed by atoms with E-state index >= 15 is 0 Å². The Labute approximate surface area is 168 Å². The Balaban J connectivity index is 1.98. The molecule has 0 bridgehead atoms. The predicted molar refractivity (Wildman–Crippen MR) is 111 cm³/mol. The van der Waals surface area contributed by atoms with Gasteiger partial charge in [0.2, 0.25) is 0 Å². The number of aryl methyl sites for hydroxylation is 1. The molecule has 0 saturated heterocycles. The van der Waals surface area contributed by atoms with Gasteiger partial charge < -0.3 is 0 Å². The molecule has 0 amide bonds. The van der Waals surface area contributed by atoms with E-state index in [1.807, 2.05) is 25.1 Å². The highest BCUT2D eigenvalue weighted by Crippen LogP contribution is 2.24. The summed E-state index contributed by atoms with van der Waals surface area (Å²) in [7, 11) is -3.56. The zero-order valence-corrected chi connectivity index (χ0v) is 17.3. The van der Waals surface area contributed by atoms with Crippen LogP contribution >= 0.6 is 15.9 Å². The Morgan fingerprint density at radius 2 is 1.59 bits per heavy atom. The summed E-state index contributed by atoms with van der Waals surface area (Å²) in [5, 5.41) is 0. The number of halogens is 1. The molecule has 0 spiro atoms. The van der Waals surface area contributed by atoms with Crippen LogP contribution in [0.25, 0.3) is 0 Å². The smallest absolute Gasteiger partial charge is 0.193 e. The van der Waals surface area contributed by atoms with Gasteiger partial charge in [0.15, 0.2) is 15.6 Å². The number of hydrogen-bond donors (Lipinski definition) is 0. The van der Waals surface area contributed by atoms with Crippen molar-refractivity contribution in [2.45, 2.75) is 24.0 Å². The summed E-state index contributed by atoms with van der Waals surface area (Å²) in [6.45, 7) is 2.02. The van der Waals surface area contributed by atoms with Gasteiger partial charge in [-0.3, -0.25) is 4.79 Å². The molecule has 138 valence electrons. The lowest BCUT2D eigenvalue weighted by Gasteiger charge is -2.11. The van der Waals surface area contributed by atoms with Crippen molar-refractivity contribution in [1.29, 1.82) is 0 Å². The molecule has 3 rings (SSSR count). The van der Waals surface area contributed by atoms with Crippen LogP contribution in [0.2, 0.25) is 0 Å². The third-order valence-corrected chi connectivity index (χ3v) is 6.56. The number of hydrogen-bond acceptors (Lipinski definition) is 3. The molecule has 3 nitrogen and oxygen atoms in total. The first-order valence-corrected chi connectivity index (χ1v) is 11.0. The summed E-state index contributed by atoms with van der Waals surface area (Å²) in [6.07, 6.45) is 0.850. The van der Waals surface area contributed by atoms with E-state index in [0.29, 0.717) is 16.7 Å². The van der Waals surface area contributed by atoms with Crippen molar-refractivity contribution in [3.05, 3.63) is 99.5 Å². The Bertz CT molecular complexity index is 1060. The summed E-state index contributed by atoms with van der Waals surface area (Å²) in [5.41, 5.74) is 2.50. The zero-order chi connectivity index (χ0) is 19.4. The number of benzene rings is 3. The molecule has 0 heterocycles. The fraction of sp³-hybridized carbons (Fsp3) is 0.136. The second-order valence-corrected chi connectivity index (χ2v) is 9.16. The molecule has 0 atom stereocenters. The molecule has 0 saturated carbocycles. The lowest BCUT2D eigenvalue weighted by molar-refractivity contribution is 0.103. The van der Waals surface area contributed by atoms with Crippen molar-refractivity contribution in [1.82, 2.24) is 0 Å². The summed E-state index contributed by atoms with van der Waals surface area (Å²) >= 11 is 3.38. The second kappa shape index (κ2) is 8.19. The van der Waals surface area contributed by atoms with E-state index in [1.54, 1.807) is 54.6 Å². The van der Waals surface area contributed by atoms with Crippen LogP contribution in [0.15, 0.2) is 82.2 Å². The van der Waals surface area contributed by atoms with Gasteiger partial charge in [-0.1, -0.05) is 71.4 Å². The first-order chi connectivity index (χ1) is 12.9. The molecule has 0 N–H and O–H groups in total. The van der Waals surface area contributed by atoms with Gasteiger partial charge in [-0.25, -0.2) is 8.42 Å². The molecule has 27 heavy (non-hydrogen) atoms. The Kier molecular flexibility index (Phi) is 5.92. The minimum atomic E-state index is -3.56. The van der Waals surface area contributed by atoms with E-state index in [-0.39, 0.29) is 16.4 Å². The lowest BCUT2D eigenvalue weighted by atomic mass is 9.99. The van der Waals surface area contributed by atoms with Crippen LogP contribution in [0.3, 0.4) is 0 Å². The van der Waals surface area contributed by atoms with Crippen LogP contribution in [0, 0.1) is 0 Å². The molecule has 0 aliphatic heterocycles. The Morgan fingerprint density at radius 3 is 2.22 bits per heavy atom. The first-order valence-electron chi connectivity index (χ1n) is 8.60. The zero-order valence-electron chi connectivity index (χ0n) is 14.9. The normalized spacial score (nSPS) is 11.3. The van der Waals surface area contributed by atoms with Crippen LogP contribution in [-0.4, -0.2) is 14.2 Å². The van der Waals surface area contributed by atoms with E-state index in [2.05, 4.69) is 15.9 Å². The van der Waals surface area contributed by atoms with Gasteiger partial charge in [0, 0.05) is 15.6 Å². The van der Waals surface area contributed by atoms with Gasteiger partial charge in [-0.15, -0.1) is 0 Å². The fourth-order valence-electron chi connectivity index (χ4n) is 2.85. The minimum absolute atomic E-state index is 0.191. The third kappa shape index (κ3) is 4.54. The molecular formula is C22H19BrO3S. The van der Waals surface area contributed by atoms with Gasteiger partial charge in [0.1, 0.15) is 0 Å². The van der Waals surface area contributed by atoms with Crippen LogP contribution in [0.1, 0.15) is 34.0 Å². The second-order valence-electron chi connectivity index (χ2n) is 6.25. The van der Waals surface area contributed by atoms with Gasteiger partial charge in [-0.2, -0.15) is 0 Å². The van der Waals surface area contributed by atoms with E-state index in [1.165, 1.54) is 0 Å². The highest BCUT2D eigenvalue weighted by molar-refractivity contribution is 9.10. The highest BCUT2D eigenvalue weighted by atomic mass is 79.9. The topological polar surface area (TPSA) is 51.2 Å². The van der Waals surface area contributed by atoms with E-state index < -0.39 is 9.84 Å². The highest BCUT2D eigenvalue weighted by Gasteiger charge is 2.21. The fourth-order valence-corrected chi connectivity index (χ4v) is 4.59. The van der Waals surface area contributed by atoms with E-state index in [4.69, 9.17) is 0 Å². The summed E-state index contributed by atoms with van der Waals surface area (Å²) in [4.78, 5) is 13.2. The molecule has 0 radical (unpaired) electrons. The van der Waals surface area contributed by atoms with E-state index in [0.717, 1.165) is 16.5 Å². The monoisotopic (exact) mass is 442 g/mol. The van der Waals surface area contributed by atoms with Crippen LogP contribution in [0.4, 0.5) is 0 Å². The molecule has 0 aliphatic carbocycles. The SMILES string of the molecule is CCc1ccc(S(=O)(=O)Cc2ccc(Br)cc2C(=O)c2ccccc2)cc1. The van der Waals surface area contributed by atoms with Crippen molar-refractivity contribution in [3.63, 3.8) is 0 Å². The van der Waals surface area contributed by atoms with Crippen LogP contribution < -0.4 is 0 Å². The number of carbonyl (C=O) groups excluding carboxylic acids is 1. The maximum absolute atomic E-state index is 12.9. The largest absolute Gasteiger partial charge is 0.289 e. The number of ketones is 1. The Morgan fingerprint density at radius 1 is 0.926 bits per heavy atom. The number of sulfone groups is 1. The maximum atomic E-state index is 12.9. The van der Waals surface area contributed by atoms with Gasteiger partial charge in [-0.05, 0) is 41.8 Å². The van der Waals surface area contributed by atoms with Gasteiger partial charge in [0.25, 0.3) is 0 Å². The molecule has 0 aliphatic rings. The Hall–Kier alpha value is -2.24. The predicted octanol–water partition coefficient (Wildman–Crippen LogP) is 5.22. The van der Waals surface area contributed by atoms with Crippen molar-refractivity contribution in [3.8, 4) is 0 Å². The van der Waals surface area contributed by atoms with Crippen molar-refractivity contribution in [2.75, 3.05) is 0 Å². The first kappa shape index (κ1) is 19.5. The summed E-state index contributed by atoms with van der Waals surface area (Å²) in [5.74, 6) is -0.414. The molecule has 3 aromatic carbocycles.